The third kappa shape index (κ3) is 2.63. The van der Waals surface area contributed by atoms with Crippen LogP contribution in [0.15, 0.2) is 24.3 Å². The highest BCUT2D eigenvalue weighted by molar-refractivity contribution is 5.76. The van der Waals surface area contributed by atoms with Crippen molar-refractivity contribution in [3.63, 3.8) is 0 Å². The van der Waals surface area contributed by atoms with Crippen molar-refractivity contribution in [2.45, 2.75) is 32.6 Å². The van der Waals surface area contributed by atoms with Gasteiger partial charge in [0.15, 0.2) is 0 Å². The molecule has 0 N–H and O–H groups in total. The van der Waals surface area contributed by atoms with Crippen molar-refractivity contribution in [2.75, 3.05) is 18.0 Å². The first-order valence-electron chi connectivity index (χ1n) is 6.09. The number of aryl methyl sites for hydroxylation is 1. The first-order chi connectivity index (χ1) is 7.77. The molecule has 0 aromatic heterocycles. The maximum Gasteiger partial charge on any atom is 0.131 e. The number of carbonyl (C=O) groups is 1. The van der Waals surface area contributed by atoms with Crippen LogP contribution < -0.4 is 4.90 Å². The number of carbonyl (C=O) groups excluding carboxylic acids is 1. The van der Waals surface area contributed by atoms with E-state index in [0.717, 1.165) is 13.1 Å². The van der Waals surface area contributed by atoms with Gasteiger partial charge in [-0.25, -0.2) is 0 Å². The number of nitrogens with zero attached hydrogens (tertiary/aromatic N) is 1. The molecule has 86 valence electrons. The monoisotopic (exact) mass is 217 g/mol. The quantitative estimate of drug-likeness (QED) is 0.776. The van der Waals surface area contributed by atoms with Crippen molar-refractivity contribution in [2.24, 2.45) is 0 Å². The molecule has 2 rings (SSSR count). The lowest BCUT2D eigenvalue weighted by Crippen LogP contribution is -2.26. The molecule has 0 bridgehead atoms. The van der Waals surface area contributed by atoms with Crippen LogP contribution in [0.4, 0.5) is 5.69 Å². The fraction of sp³-hybridized carbons (Fsp3) is 0.500. The van der Waals surface area contributed by atoms with E-state index in [9.17, 15) is 4.79 Å². The van der Waals surface area contributed by atoms with Crippen LogP contribution in [-0.4, -0.2) is 18.9 Å². The minimum atomic E-state index is 0.279. The van der Waals surface area contributed by atoms with Crippen molar-refractivity contribution < 1.29 is 4.79 Å². The van der Waals surface area contributed by atoms with Crippen molar-refractivity contribution in [1.82, 2.24) is 0 Å². The molecule has 0 fully saturated rings. The van der Waals surface area contributed by atoms with Crippen molar-refractivity contribution in [3.8, 4) is 0 Å². The molecule has 0 spiro atoms. The van der Waals surface area contributed by atoms with E-state index >= 15 is 0 Å². The van der Waals surface area contributed by atoms with Crippen LogP contribution in [0.2, 0.25) is 0 Å². The van der Waals surface area contributed by atoms with E-state index in [1.807, 2.05) is 0 Å². The summed E-state index contributed by atoms with van der Waals surface area (Å²) in [6.07, 6.45) is 4.32. The number of benzene rings is 1. The Hall–Kier alpha value is -1.31. The summed E-state index contributed by atoms with van der Waals surface area (Å²) in [7, 11) is 0. The number of fused-ring (bicyclic) bond motifs is 1. The summed E-state index contributed by atoms with van der Waals surface area (Å²) in [5, 5.41) is 0. The van der Waals surface area contributed by atoms with E-state index in [2.05, 4.69) is 29.2 Å². The van der Waals surface area contributed by atoms with Crippen LogP contribution in [0.3, 0.4) is 0 Å². The SMILES string of the molecule is CC(=O)CCN1CCCCc2ccccc21. The number of hydrogen-bond acceptors (Lipinski definition) is 2. The molecule has 1 aromatic rings. The lowest BCUT2D eigenvalue weighted by Gasteiger charge is -2.24. The van der Waals surface area contributed by atoms with Gasteiger partial charge in [0.2, 0.25) is 0 Å². The lowest BCUT2D eigenvalue weighted by atomic mass is 10.1. The molecule has 2 heteroatoms. The predicted octanol–water partition coefficient (Wildman–Crippen LogP) is 2.81. The van der Waals surface area contributed by atoms with Gasteiger partial charge in [-0.2, -0.15) is 0 Å². The Morgan fingerprint density at radius 1 is 1.31 bits per heavy atom. The molecule has 0 aliphatic carbocycles. The summed E-state index contributed by atoms with van der Waals surface area (Å²) in [5.74, 6) is 0.279. The number of hydrogen-bond donors (Lipinski definition) is 0. The van der Waals surface area contributed by atoms with Gasteiger partial charge in [0.25, 0.3) is 0 Å². The zero-order valence-electron chi connectivity index (χ0n) is 9.91. The van der Waals surface area contributed by atoms with Crippen LogP contribution in [-0.2, 0) is 11.2 Å². The minimum absolute atomic E-state index is 0.279. The first kappa shape index (κ1) is 11.2. The largest absolute Gasteiger partial charge is 0.371 e. The van der Waals surface area contributed by atoms with Gasteiger partial charge < -0.3 is 4.90 Å². The molecule has 16 heavy (non-hydrogen) atoms. The Balaban J connectivity index is 2.15. The zero-order chi connectivity index (χ0) is 11.4. The summed E-state index contributed by atoms with van der Waals surface area (Å²) >= 11 is 0. The molecule has 1 aromatic carbocycles. The molecule has 0 radical (unpaired) electrons. The number of Topliss-reactive ketones (excluding diaryl/α,β-unsaturated/α-hetero) is 1. The Morgan fingerprint density at radius 3 is 2.94 bits per heavy atom. The van der Waals surface area contributed by atoms with E-state index in [0.29, 0.717) is 6.42 Å². The standard InChI is InChI=1S/C14H19NO/c1-12(16)9-11-15-10-5-4-7-13-6-2-3-8-14(13)15/h2-3,6,8H,4-5,7,9-11H2,1H3. The fourth-order valence-electron chi connectivity index (χ4n) is 2.29. The molecule has 0 atom stereocenters. The lowest BCUT2D eigenvalue weighted by molar-refractivity contribution is -0.116. The van der Waals surface area contributed by atoms with E-state index in [4.69, 9.17) is 0 Å². The molecule has 0 amide bonds. The Kier molecular flexibility index (Phi) is 3.60. The zero-order valence-corrected chi connectivity index (χ0v) is 9.91. The average molecular weight is 217 g/mol. The summed E-state index contributed by atoms with van der Waals surface area (Å²) in [6, 6.07) is 8.58. The molecule has 2 nitrogen and oxygen atoms in total. The number of anilines is 1. The highest BCUT2D eigenvalue weighted by Crippen LogP contribution is 2.25. The first-order valence-corrected chi connectivity index (χ1v) is 6.09. The second-order valence-electron chi connectivity index (χ2n) is 4.52. The van der Waals surface area contributed by atoms with Crippen molar-refractivity contribution in [3.05, 3.63) is 29.8 Å². The summed E-state index contributed by atoms with van der Waals surface area (Å²) < 4.78 is 0. The molecule has 1 aliphatic heterocycles. The maximum absolute atomic E-state index is 11.1. The highest BCUT2D eigenvalue weighted by atomic mass is 16.1. The molecular formula is C14H19NO. The van der Waals surface area contributed by atoms with Crippen LogP contribution in [0.1, 0.15) is 31.7 Å². The second kappa shape index (κ2) is 5.15. The summed E-state index contributed by atoms with van der Waals surface area (Å²) in [6.45, 7) is 3.63. The molecule has 1 aliphatic rings. The van der Waals surface area contributed by atoms with E-state index in [1.165, 1.54) is 30.5 Å². The third-order valence-corrected chi connectivity index (χ3v) is 3.19. The topological polar surface area (TPSA) is 20.3 Å². The van der Waals surface area contributed by atoms with Gasteiger partial charge in [-0.15, -0.1) is 0 Å². The smallest absolute Gasteiger partial charge is 0.131 e. The molecular weight excluding hydrogens is 198 g/mol. The van der Waals surface area contributed by atoms with Crippen LogP contribution in [0.5, 0.6) is 0 Å². The Bertz CT molecular complexity index is 373. The minimum Gasteiger partial charge on any atom is -0.371 e. The van der Waals surface area contributed by atoms with Crippen LogP contribution in [0.25, 0.3) is 0 Å². The van der Waals surface area contributed by atoms with Gasteiger partial charge in [-0.3, -0.25) is 4.79 Å². The molecule has 0 saturated carbocycles. The second-order valence-corrected chi connectivity index (χ2v) is 4.52. The Morgan fingerprint density at radius 2 is 2.12 bits per heavy atom. The van der Waals surface area contributed by atoms with E-state index < -0.39 is 0 Å². The van der Waals surface area contributed by atoms with E-state index in [-0.39, 0.29) is 5.78 Å². The average Bonchev–Trinajstić information content (AvgIpc) is 2.48. The summed E-state index contributed by atoms with van der Waals surface area (Å²) in [5.41, 5.74) is 2.77. The van der Waals surface area contributed by atoms with Gasteiger partial charge in [0.1, 0.15) is 5.78 Å². The Labute approximate surface area is 97.3 Å². The summed E-state index contributed by atoms with van der Waals surface area (Å²) in [4.78, 5) is 13.4. The van der Waals surface area contributed by atoms with Gasteiger partial charge >= 0.3 is 0 Å². The van der Waals surface area contributed by atoms with E-state index in [1.54, 1.807) is 6.92 Å². The normalized spacial score (nSPS) is 15.4. The van der Waals surface area contributed by atoms with Gasteiger partial charge in [-0.1, -0.05) is 18.2 Å². The van der Waals surface area contributed by atoms with Gasteiger partial charge in [0.05, 0.1) is 0 Å². The number of rotatable bonds is 3. The maximum atomic E-state index is 11.1. The van der Waals surface area contributed by atoms with Gasteiger partial charge in [-0.05, 0) is 37.8 Å². The van der Waals surface area contributed by atoms with Crippen LogP contribution >= 0.6 is 0 Å². The van der Waals surface area contributed by atoms with Crippen molar-refractivity contribution in [1.29, 1.82) is 0 Å². The molecule has 1 heterocycles. The van der Waals surface area contributed by atoms with Crippen molar-refractivity contribution >= 4 is 11.5 Å². The molecule has 0 saturated heterocycles. The number of ketones is 1. The number of para-hydroxylation sites is 1. The van der Waals surface area contributed by atoms with Crippen LogP contribution in [0, 0.1) is 0 Å². The van der Waals surface area contributed by atoms with Gasteiger partial charge in [0, 0.05) is 25.2 Å². The predicted molar refractivity (Wildman–Crippen MR) is 66.9 cm³/mol. The molecule has 0 unspecified atom stereocenters. The fourth-order valence-corrected chi connectivity index (χ4v) is 2.29. The third-order valence-electron chi connectivity index (χ3n) is 3.19. The highest BCUT2D eigenvalue weighted by Gasteiger charge is 2.14.